The second-order valence-electron chi connectivity index (χ2n) is 4.53. The first kappa shape index (κ1) is 14.8. The highest BCUT2D eigenvalue weighted by atomic mass is 19.1. The van der Waals surface area contributed by atoms with E-state index in [1.54, 1.807) is 6.07 Å². The van der Waals surface area contributed by atoms with Gasteiger partial charge in [-0.15, -0.1) is 0 Å². The molecule has 0 amide bonds. The molecule has 0 aliphatic heterocycles. The van der Waals surface area contributed by atoms with Crippen LogP contribution in [-0.4, -0.2) is 34.3 Å². The smallest absolute Gasteiger partial charge is 0.167 e. The van der Waals surface area contributed by atoms with Crippen LogP contribution >= 0.6 is 0 Å². The normalized spacial score (nSPS) is 12.3. The Hall–Kier alpha value is -1.29. The SMILES string of the molecule is CCC(CNC)CN(C)c1ccc(OC)c(F)c1. The van der Waals surface area contributed by atoms with Crippen LogP contribution in [0.4, 0.5) is 10.1 Å². The molecule has 18 heavy (non-hydrogen) atoms. The molecule has 3 nitrogen and oxygen atoms in total. The van der Waals surface area contributed by atoms with Gasteiger partial charge in [0.1, 0.15) is 0 Å². The minimum absolute atomic E-state index is 0.286. The van der Waals surface area contributed by atoms with Crippen LogP contribution in [0.1, 0.15) is 13.3 Å². The van der Waals surface area contributed by atoms with E-state index in [-0.39, 0.29) is 11.6 Å². The third kappa shape index (κ3) is 3.88. The summed E-state index contributed by atoms with van der Waals surface area (Å²) in [6, 6.07) is 5.07. The van der Waals surface area contributed by atoms with Crippen LogP contribution < -0.4 is 15.0 Å². The number of rotatable bonds is 7. The quantitative estimate of drug-likeness (QED) is 0.809. The van der Waals surface area contributed by atoms with Gasteiger partial charge in [0.05, 0.1) is 7.11 Å². The van der Waals surface area contributed by atoms with Gasteiger partial charge in [-0.25, -0.2) is 4.39 Å². The van der Waals surface area contributed by atoms with Crippen molar-refractivity contribution in [1.29, 1.82) is 0 Å². The van der Waals surface area contributed by atoms with E-state index < -0.39 is 0 Å². The van der Waals surface area contributed by atoms with Crippen molar-refractivity contribution in [2.24, 2.45) is 5.92 Å². The molecule has 0 bridgehead atoms. The molecular weight excluding hydrogens is 231 g/mol. The lowest BCUT2D eigenvalue weighted by molar-refractivity contribution is 0.386. The van der Waals surface area contributed by atoms with E-state index in [1.165, 1.54) is 13.2 Å². The van der Waals surface area contributed by atoms with E-state index in [0.29, 0.717) is 5.92 Å². The number of hydrogen-bond donors (Lipinski definition) is 1. The van der Waals surface area contributed by atoms with Crippen molar-refractivity contribution in [3.63, 3.8) is 0 Å². The summed E-state index contributed by atoms with van der Waals surface area (Å²) in [7, 11) is 5.41. The molecule has 0 aliphatic rings. The van der Waals surface area contributed by atoms with E-state index in [4.69, 9.17) is 4.74 Å². The average molecular weight is 254 g/mol. The Labute approximate surface area is 109 Å². The molecule has 0 aliphatic carbocycles. The fourth-order valence-electron chi connectivity index (χ4n) is 2.01. The molecule has 0 aromatic heterocycles. The zero-order chi connectivity index (χ0) is 13.5. The zero-order valence-electron chi connectivity index (χ0n) is 11.7. The van der Waals surface area contributed by atoms with E-state index in [9.17, 15) is 4.39 Å². The van der Waals surface area contributed by atoms with Crippen molar-refractivity contribution < 1.29 is 9.13 Å². The summed E-state index contributed by atoms with van der Waals surface area (Å²) < 4.78 is 18.5. The van der Waals surface area contributed by atoms with Gasteiger partial charge in [-0.1, -0.05) is 13.3 Å². The molecule has 0 heterocycles. The van der Waals surface area contributed by atoms with Crippen LogP contribution in [0.25, 0.3) is 0 Å². The molecule has 0 saturated heterocycles. The largest absolute Gasteiger partial charge is 0.494 e. The lowest BCUT2D eigenvalue weighted by Crippen LogP contribution is -2.31. The number of ether oxygens (including phenoxy) is 1. The predicted octanol–water partition coefficient (Wildman–Crippen LogP) is 2.52. The van der Waals surface area contributed by atoms with Crippen LogP contribution in [0.2, 0.25) is 0 Å². The highest BCUT2D eigenvalue weighted by molar-refractivity contribution is 5.49. The molecule has 1 rings (SSSR count). The number of benzene rings is 1. The first-order valence-corrected chi connectivity index (χ1v) is 6.31. The van der Waals surface area contributed by atoms with E-state index in [2.05, 4.69) is 17.1 Å². The highest BCUT2D eigenvalue weighted by Crippen LogP contribution is 2.23. The van der Waals surface area contributed by atoms with E-state index in [0.717, 1.165) is 25.2 Å². The molecule has 0 saturated carbocycles. The maximum atomic E-state index is 13.6. The summed E-state index contributed by atoms with van der Waals surface area (Å²) in [4.78, 5) is 2.08. The fourth-order valence-corrected chi connectivity index (χ4v) is 2.01. The Kier molecular flexibility index (Phi) is 5.92. The molecular formula is C14H23FN2O. The Balaban J connectivity index is 2.71. The molecule has 102 valence electrons. The summed E-state index contributed by atoms with van der Waals surface area (Å²) in [5, 5.41) is 3.18. The molecule has 1 unspecified atom stereocenters. The Morgan fingerprint density at radius 1 is 1.44 bits per heavy atom. The van der Waals surface area contributed by atoms with Crippen LogP contribution in [0, 0.1) is 11.7 Å². The maximum Gasteiger partial charge on any atom is 0.167 e. The lowest BCUT2D eigenvalue weighted by atomic mass is 10.1. The molecule has 0 fully saturated rings. The molecule has 0 radical (unpaired) electrons. The number of nitrogens with one attached hydrogen (secondary N) is 1. The Morgan fingerprint density at radius 3 is 2.67 bits per heavy atom. The van der Waals surface area contributed by atoms with Gasteiger partial charge >= 0.3 is 0 Å². The standard InChI is InChI=1S/C14H23FN2O/c1-5-11(9-16-2)10-17(3)12-6-7-14(18-4)13(15)8-12/h6-8,11,16H,5,9-10H2,1-4H3. The number of hydrogen-bond acceptors (Lipinski definition) is 3. The molecule has 0 spiro atoms. The number of methoxy groups -OCH3 is 1. The molecule has 1 aromatic rings. The summed E-state index contributed by atoms with van der Waals surface area (Å²) >= 11 is 0. The van der Waals surface area contributed by atoms with Gasteiger partial charge in [0, 0.05) is 25.3 Å². The first-order valence-electron chi connectivity index (χ1n) is 6.31. The summed E-state index contributed by atoms with van der Waals surface area (Å²) in [6.07, 6.45) is 1.10. The van der Waals surface area contributed by atoms with Crippen molar-refractivity contribution in [3.05, 3.63) is 24.0 Å². The van der Waals surface area contributed by atoms with Crippen molar-refractivity contribution in [2.45, 2.75) is 13.3 Å². The summed E-state index contributed by atoms with van der Waals surface area (Å²) in [5.74, 6) is 0.531. The third-order valence-electron chi connectivity index (χ3n) is 3.18. The molecule has 4 heteroatoms. The van der Waals surface area contributed by atoms with Crippen LogP contribution in [0.3, 0.4) is 0 Å². The monoisotopic (exact) mass is 254 g/mol. The second-order valence-corrected chi connectivity index (χ2v) is 4.53. The van der Waals surface area contributed by atoms with Gasteiger partial charge in [0.15, 0.2) is 11.6 Å². The molecule has 1 aromatic carbocycles. The Morgan fingerprint density at radius 2 is 2.17 bits per heavy atom. The lowest BCUT2D eigenvalue weighted by Gasteiger charge is -2.25. The van der Waals surface area contributed by atoms with E-state index >= 15 is 0 Å². The highest BCUT2D eigenvalue weighted by Gasteiger charge is 2.11. The first-order chi connectivity index (χ1) is 8.62. The van der Waals surface area contributed by atoms with Gasteiger partial charge in [0.25, 0.3) is 0 Å². The van der Waals surface area contributed by atoms with Crippen LogP contribution in [-0.2, 0) is 0 Å². The third-order valence-corrected chi connectivity index (χ3v) is 3.18. The van der Waals surface area contributed by atoms with E-state index in [1.807, 2.05) is 20.2 Å². The number of anilines is 1. The van der Waals surface area contributed by atoms with Crippen LogP contribution in [0.15, 0.2) is 18.2 Å². The molecule has 1 N–H and O–H groups in total. The van der Waals surface area contributed by atoms with Crippen LogP contribution in [0.5, 0.6) is 5.75 Å². The van der Waals surface area contributed by atoms with Gasteiger partial charge in [0.2, 0.25) is 0 Å². The van der Waals surface area contributed by atoms with Gasteiger partial charge in [-0.3, -0.25) is 0 Å². The maximum absolute atomic E-state index is 13.6. The minimum Gasteiger partial charge on any atom is -0.494 e. The van der Waals surface area contributed by atoms with Gasteiger partial charge in [-0.05, 0) is 31.6 Å². The Bertz CT molecular complexity index is 371. The number of halogens is 1. The second kappa shape index (κ2) is 7.21. The number of nitrogens with zero attached hydrogens (tertiary/aromatic N) is 1. The zero-order valence-corrected chi connectivity index (χ0v) is 11.7. The predicted molar refractivity (Wildman–Crippen MR) is 73.9 cm³/mol. The topological polar surface area (TPSA) is 24.5 Å². The van der Waals surface area contributed by atoms with Gasteiger partial charge in [-0.2, -0.15) is 0 Å². The van der Waals surface area contributed by atoms with Gasteiger partial charge < -0.3 is 15.0 Å². The molecule has 1 atom stereocenters. The van der Waals surface area contributed by atoms with Crippen molar-refractivity contribution in [1.82, 2.24) is 5.32 Å². The average Bonchev–Trinajstić information content (AvgIpc) is 2.37. The summed E-state index contributed by atoms with van der Waals surface area (Å²) in [5.41, 5.74) is 0.878. The summed E-state index contributed by atoms with van der Waals surface area (Å²) in [6.45, 7) is 4.05. The fraction of sp³-hybridized carbons (Fsp3) is 0.571. The minimum atomic E-state index is -0.316. The van der Waals surface area contributed by atoms with Crippen molar-refractivity contribution in [3.8, 4) is 5.75 Å². The van der Waals surface area contributed by atoms with Crippen molar-refractivity contribution in [2.75, 3.05) is 39.2 Å². The van der Waals surface area contributed by atoms with Crippen molar-refractivity contribution >= 4 is 5.69 Å².